The number of benzene rings is 8. The highest BCUT2D eigenvalue weighted by Crippen LogP contribution is 2.56. The first-order valence-electron chi connectivity index (χ1n) is 31.1. The van der Waals surface area contributed by atoms with Crippen LogP contribution in [0.5, 0.6) is 0 Å². The summed E-state index contributed by atoms with van der Waals surface area (Å²) in [5.74, 6) is 0. The van der Waals surface area contributed by atoms with E-state index in [4.69, 9.17) is 0 Å². The Morgan fingerprint density at radius 2 is 0.855 bits per heavy atom. The predicted molar refractivity (Wildman–Crippen MR) is 361 cm³/mol. The zero-order chi connectivity index (χ0) is 58.1. The first-order valence-corrected chi connectivity index (χ1v) is 31.9. The Morgan fingerprint density at radius 3 is 1.40 bits per heavy atom. The third kappa shape index (κ3) is 8.54. The average molecular weight is 1110 g/mol. The SMILES string of the molecule is CC(C)(C)c1cc2c3c(c1)N(c1ccc4c(c1)C(C)(C)CCC4(C)C)c1c(sc4cc5c(cc14)C(C)(C)CCC5(C)C)B3c1ccc(N(c3ccccc3)c3ccc(-c4ccccc4)cc3)cc1N2c1ccc2c(c1)C(C)(C)CCC2(C)C. The van der Waals surface area contributed by atoms with E-state index in [-0.39, 0.29) is 44.6 Å². The number of para-hydroxylation sites is 1. The van der Waals surface area contributed by atoms with Crippen LogP contribution in [0.4, 0.5) is 51.2 Å². The lowest BCUT2D eigenvalue weighted by Gasteiger charge is -2.46. The van der Waals surface area contributed by atoms with Gasteiger partial charge in [-0.3, -0.25) is 0 Å². The number of thiophene rings is 1. The maximum Gasteiger partial charge on any atom is 0.264 e. The molecule has 0 fully saturated rings. The van der Waals surface area contributed by atoms with E-state index >= 15 is 0 Å². The van der Waals surface area contributed by atoms with E-state index in [1.165, 1.54) is 142 Å². The molecule has 1 aromatic heterocycles. The van der Waals surface area contributed by atoms with Crippen LogP contribution in [0.2, 0.25) is 0 Å². The molecule has 0 spiro atoms. The molecule has 2 aliphatic heterocycles. The Bertz CT molecular complexity index is 4090. The molecule has 0 atom stereocenters. The van der Waals surface area contributed by atoms with E-state index in [9.17, 15) is 0 Å². The van der Waals surface area contributed by atoms with Gasteiger partial charge in [0.1, 0.15) is 0 Å². The second kappa shape index (κ2) is 18.3. The molecule has 83 heavy (non-hydrogen) atoms. The zero-order valence-corrected chi connectivity index (χ0v) is 53.0. The number of hydrogen-bond acceptors (Lipinski definition) is 4. The zero-order valence-electron chi connectivity index (χ0n) is 52.2. The van der Waals surface area contributed by atoms with Crippen LogP contribution in [0.3, 0.4) is 0 Å². The van der Waals surface area contributed by atoms with Crippen molar-refractivity contribution in [3.8, 4) is 11.1 Å². The van der Waals surface area contributed by atoms with E-state index in [0.717, 1.165) is 23.5 Å². The molecule has 8 aromatic carbocycles. The molecule has 0 unspecified atom stereocenters. The first-order chi connectivity index (χ1) is 39.2. The van der Waals surface area contributed by atoms with Crippen LogP contribution in [0.1, 0.15) is 181 Å². The molecule has 0 N–H and O–H groups in total. The minimum atomic E-state index is -0.161. The second-order valence-electron chi connectivity index (χ2n) is 30.6. The summed E-state index contributed by atoms with van der Waals surface area (Å²) in [6.45, 7) is 37.0. The van der Waals surface area contributed by atoms with Gasteiger partial charge in [0.15, 0.2) is 0 Å². The standard InChI is InChI=1S/C78H84BN3S/c1-72(2,3)51-42-66-69-67(43-51)82(55-31-34-59-61(45-55)76(10,11)39-37-74(59,6)7)70-57-47-62-63(78(14,15)41-40-77(62,12)13)48-68(57)83-71(70)79(69)64-35-32-56(46-65(64)81(66)54-30-33-58-60(44-54)75(8,9)38-36-73(58,4)5)80(52-24-20-17-21-25-52)53-28-26-50(27-29-53)49-22-18-16-19-23-49/h16-35,42-48H,36-41H2,1-15H3. The van der Waals surface area contributed by atoms with Gasteiger partial charge in [0, 0.05) is 60.4 Å². The lowest BCUT2D eigenvalue weighted by Crippen LogP contribution is -2.60. The smallest absolute Gasteiger partial charge is 0.264 e. The van der Waals surface area contributed by atoms with Crippen molar-refractivity contribution in [2.75, 3.05) is 14.7 Å². The fraction of sp³-hybridized carbons (Fsp3) is 0.359. The number of nitrogens with zero attached hydrogens (tertiary/aromatic N) is 3. The Hall–Kier alpha value is -6.82. The molecule has 3 heterocycles. The Balaban J connectivity index is 1.09. The van der Waals surface area contributed by atoms with E-state index in [1.54, 1.807) is 0 Å². The molecule has 5 aliphatic rings. The van der Waals surface area contributed by atoms with Crippen molar-refractivity contribution in [3.05, 3.63) is 203 Å². The largest absolute Gasteiger partial charge is 0.311 e. The molecule has 0 bridgehead atoms. The monoisotopic (exact) mass is 1110 g/mol. The Labute approximate surface area is 500 Å². The number of fused-ring (bicyclic) bond motifs is 9. The molecule has 0 saturated carbocycles. The topological polar surface area (TPSA) is 9.72 Å². The fourth-order valence-corrected chi connectivity index (χ4v) is 16.9. The maximum atomic E-state index is 2.77. The van der Waals surface area contributed by atoms with Crippen LogP contribution in [0.15, 0.2) is 164 Å². The van der Waals surface area contributed by atoms with Crippen LogP contribution in [0, 0.1) is 0 Å². The van der Waals surface area contributed by atoms with Gasteiger partial charge in [-0.05, 0) is 222 Å². The minimum absolute atomic E-state index is 0.0203. The van der Waals surface area contributed by atoms with Crippen LogP contribution >= 0.6 is 11.3 Å². The minimum Gasteiger partial charge on any atom is -0.311 e. The van der Waals surface area contributed by atoms with Crippen molar-refractivity contribution in [3.63, 3.8) is 0 Å². The quantitative estimate of drug-likeness (QED) is 0.154. The van der Waals surface area contributed by atoms with E-state index in [2.05, 4.69) is 294 Å². The summed E-state index contributed by atoms with van der Waals surface area (Å²) in [6, 6.07) is 64.2. The number of anilines is 9. The first kappa shape index (κ1) is 54.1. The van der Waals surface area contributed by atoms with Gasteiger partial charge in [0.25, 0.3) is 6.71 Å². The van der Waals surface area contributed by atoms with Gasteiger partial charge in [-0.25, -0.2) is 0 Å². The van der Waals surface area contributed by atoms with Crippen LogP contribution in [0.25, 0.3) is 21.2 Å². The molecule has 0 radical (unpaired) electrons. The number of rotatable bonds is 6. The lowest BCUT2D eigenvalue weighted by atomic mass is 9.36. The predicted octanol–water partition coefficient (Wildman–Crippen LogP) is 20.5. The van der Waals surface area contributed by atoms with Crippen molar-refractivity contribution in [1.82, 2.24) is 0 Å². The van der Waals surface area contributed by atoms with Gasteiger partial charge in [-0.2, -0.15) is 0 Å². The molecule has 3 aliphatic carbocycles. The Kier molecular flexibility index (Phi) is 12.0. The maximum absolute atomic E-state index is 2.77. The van der Waals surface area contributed by atoms with E-state index in [1.807, 2.05) is 0 Å². The highest BCUT2D eigenvalue weighted by molar-refractivity contribution is 7.33. The average Bonchev–Trinajstić information content (AvgIpc) is 1.80. The fourth-order valence-electron chi connectivity index (χ4n) is 15.5. The van der Waals surface area contributed by atoms with Crippen LogP contribution < -0.4 is 30.4 Å². The van der Waals surface area contributed by atoms with Crippen LogP contribution in [-0.4, -0.2) is 6.71 Å². The van der Waals surface area contributed by atoms with Crippen molar-refractivity contribution in [2.45, 2.75) is 180 Å². The van der Waals surface area contributed by atoms with Gasteiger partial charge in [-0.15, -0.1) is 11.3 Å². The van der Waals surface area contributed by atoms with Crippen LogP contribution in [-0.2, 0) is 37.9 Å². The van der Waals surface area contributed by atoms with Gasteiger partial charge in [0.2, 0.25) is 0 Å². The molecule has 420 valence electrons. The molecular formula is C78H84BN3S. The lowest BCUT2D eigenvalue weighted by molar-refractivity contribution is 0.332. The summed E-state index contributed by atoms with van der Waals surface area (Å²) in [4.78, 5) is 7.96. The van der Waals surface area contributed by atoms with Gasteiger partial charge in [-0.1, -0.05) is 183 Å². The van der Waals surface area contributed by atoms with E-state index in [0.29, 0.717) is 0 Å². The van der Waals surface area contributed by atoms with Crippen molar-refractivity contribution >= 4 is 95.0 Å². The summed E-state index contributed by atoms with van der Waals surface area (Å²) < 4.78 is 2.83. The summed E-state index contributed by atoms with van der Waals surface area (Å²) >= 11 is 2.06. The summed E-state index contributed by atoms with van der Waals surface area (Å²) in [7, 11) is 0. The van der Waals surface area contributed by atoms with Crippen molar-refractivity contribution < 1.29 is 0 Å². The van der Waals surface area contributed by atoms with Gasteiger partial charge < -0.3 is 14.7 Å². The molecule has 3 nitrogen and oxygen atoms in total. The highest BCUT2D eigenvalue weighted by Gasteiger charge is 2.49. The number of hydrogen-bond donors (Lipinski definition) is 0. The van der Waals surface area contributed by atoms with E-state index < -0.39 is 0 Å². The molecule has 5 heteroatoms. The molecule has 9 aromatic rings. The molecular weight excluding hydrogens is 1020 g/mol. The Morgan fingerprint density at radius 1 is 0.410 bits per heavy atom. The molecule has 0 amide bonds. The van der Waals surface area contributed by atoms with Crippen molar-refractivity contribution in [2.24, 2.45) is 0 Å². The normalized spacial score (nSPS) is 19.0. The third-order valence-corrected chi connectivity index (χ3v) is 22.4. The second-order valence-corrected chi connectivity index (χ2v) is 31.7. The van der Waals surface area contributed by atoms with Gasteiger partial charge >= 0.3 is 0 Å². The summed E-state index contributed by atoms with van der Waals surface area (Å²) in [5, 5.41) is 1.38. The third-order valence-electron chi connectivity index (χ3n) is 21.2. The summed E-state index contributed by atoms with van der Waals surface area (Å²) in [5.41, 5.74) is 26.8. The highest BCUT2D eigenvalue weighted by atomic mass is 32.1. The molecule has 14 rings (SSSR count). The summed E-state index contributed by atoms with van der Waals surface area (Å²) in [6.07, 6.45) is 7.04. The molecule has 0 saturated heterocycles. The van der Waals surface area contributed by atoms with Crippen molar-refractivity contribution in [1.29, 1.82) is 0 Å². The van der Waals surface area contributed by atoms with Gasteiger partial charge in [0.05, 0.1) is 5.69 Å².